The van der Waals surface area contributed by atoms with Gasteiger partial charge >= 0.3 is 0 Å². The Morgan fingerprint density at radius 3 is 2.43 bits per heavy atom. The summed E-state index contributed by atoms with van der Waals surface area (Å²) < 4.78 is 1.94. The average molecular weight is 293 g/mol. The smallest absolute Gasteiger partial charge is 0.0965 e. The van der Waals surface area contributed by atoms with Crippen molar-refractivity contribution >= 4 is 0 Å². The molecular weight excluding hydrogens is 262 g/mol. The van der Waals surface area contributed by atoms with Crippen molar-refractivity contribution in [2.24, 2.45) is 0 Å². The average Bonchev–Trinajstić information content (AvgIpc) is 2.88. The first-order valence-corrected chi connectivity index (χ1v) is 8.13. The van der Waals surface area contributed by atoms with Crippen LogP contribution in [0.4, 0.5) is 0 Å². The van der Waals surface area contributed by atoms with Crippen LogP contribution in [0.5, 0.6) is 0 Å². The molecule has 5 heteroatoms. The molecule has 0 atom stereocenters. The van der Waals surface area contributed by atoms with Gasteiger partial charge in [0.1, 0.15) is 0 Å². The van der Waals surface area contributed by atoms with Crippen molar-refractivity contribution in [3.8, 4) is 0 Å². The van der Waals surface area contributed by atoms with Gasteiger partial charge in [-0.2, -0.15) is 0 Å². The van der Waals surface area contributed by atoms with Crippen molar-refractivity contribution in [3.63, 3.8) is 0 Å². The first-order valence-electron chi connectivity index (χ1n) is 8.13. The first-order chi connectivity index (χ1) is 9.83. The van der Waals surface area contributed by atoms with Crippen molar-refractivity contribution < 1.29 is 0 Å². The minimum absolute atomic E-state index is 0.000517. The van der Waals surface area contributed by atoms with Crippen LogP contribution in [0.1, 0.15) is 58.6 Å². The van der Waals surface area contributed by atoms with E-state index >= 15 is 0 Å². The number of nitrogens with one attached hydrogen (secondary N) is 1. The van der Waals surface area contributed by atoms with E-state index in [1.54, 1.807) is 0 Å². The minimum Gasteiger partial charge on any atom is -0.309 e. The van der Waals surface area contributed by atoms with Crippen molar-refractivity contribution in [1.29, 1.82) is 0 Å². The van der Waals surface area contributed by atoms with Crippen LogP contribution < -0.4 is 5.32 Å². The summed E-state index contributed by atoms with van der Waals surface area (Å²) >= 11 is 0. The summed E-state index contributed by atoms with van der Waals surface area (Å²) in [5.74, 6) is 0. The van der Waals surface area contributed by atoms with Crippen LogP contribution in [0.25, 0.3) is 0 Å². The topological polar surface area (TPSA) is 46.0 Å². The number of rotatable bonds is 5. The van der Waals surface area contributed by atoms with Gasteiger partial charge in [0.05, 0.1) is 17.4 Å². The number of nitrogens with zero attached hydrogens (tertiary/aromatic N) is 4. The van der Waals surface area contributed by atoms with Gasteiger partial charge in [-0.25, -0.2) is 4.68 Å². The van der Waals surface area contributed by atoms with E-state index in [9.17, 15) is 0 Å². The lowest BCUT2D eigenvalue weighted by molar-refractivity contribution is 0.0983. The Kier molecular flexibility index (Phi) is 5.04. The predicted molar refractivity (Wildman–Crippen MR) is 86.2 cm³/mol. The van der Waals surface area contributed by atoms with Crippen LogP contribution in [0.15, 0.2) is 6.20 Å². The van der Waals surface area contributed by atoms with Gasteiger partial charge in [-0.15, -0.1) is 5.10 Å². The molecule has 1 N–H and O–H groups in total. The van der Waals surface area contributed by atoms with Crippen LogP contribution >= 0.6 is 0 Å². The number of hydrogen-bond donors (Lipinski definition) is 1. The van der Waals surface area contributed by atoms with Gasteiger partial charge in [-0.3, -0.25) is 0 Å². The van der Waals surface area contributed by atoms with E-state index in [2.05, 4.69) is 61.6 Å². The van der Waals surface area contributed by atoms with Crippen molar-refractivity contribution in [2.75, 3.05) is 20.6 Å². The molecule has 0 bridgehead atoms. The van der Waals surface area contributed by atoms with E-state index in [0.717, 1.165) is 18.8 Å². The molecule has 1 saturated carbocycles. The van der Waals surface area contributed by atoms with Crippen molar-refractivity contribution in [3.05, 3.63) is 11.9 Å². The van der Waals surface area contributed by atoms with Gasteiger partial charge in [0.2, 0.25) is 0 Å². The SMILES string of the molecule is CN(C)C1(CNCc2cn(C(C)(C)C)nn2)CCCCC1. The van der Waals surface area contributed by atoms with Crippen molar-refractivity contribution in [1.82, 2.24) is 25.2 Å². The molecule has 0 saturated heterocycles. The highest BCUT2D eigenvalue weighted by Gasteiger charge is 2.33. The Hall–Kier alpha value is -0.940. The standard InChI is InChI=1S/C16H31N5/c1-15(2,3)21-12-14(18-19-21)11-17-13-16(20(4)5)9-7-6-8-10-16/h12,17H,6-11,13H2,1-5H3. The minimum atomic E-state index is -0.000517. The van der Waals surface area contributed by atoms with Crippen LogP contribution in [-0.4, -0.2) is 46.1 Å². The van der Waals surface area contributed by atoms with Crippen molar-refractivity contribution in [2.45, 2.75) is 70.5 Å². The summed E-state index contributed by atoms with van der Waals surface area (Å²) in [6.45, 7) is 8.25. The molecular formula is C16H31N5. The molecule has 5 nitrogen and oxygen atoms in total. The molecule has 120 valence electrons. The third-order valence-electron chi connectivity index (χ3n) is 4.72. The first kappa shape index (κ1) is 16.4. The Morgan fingerprint density at radius 2 is 1.90 bits per heavy atom. The van der Waals surface area contributed by atoms with Gasteiger partial charge in [0.15, 0.2) is 0 Å². The fraction of sp³-hybridized carbons (Fsp3) is 0.875. The van der Waals surface area contributed by atoms with Crippen LogP contribution in [-0.2, 0) is 12.1 Å². The molecule has 0 aromatic carbocycles. The maximum atomic E-state index is 4.27. The molecule has 1 heterocycles. The zero-order chi connectivity index (χ0) is 15.5. The lowest BCUT2D eigenvalue weighted by atomic mass is 9.80. The van der Waals surface area contributed by atoms with E-state index in [-0.39, 0.29) is 5.54 Å². The summed E-state index contributed by atoms with van der Waals surface area (Å²) in [5, 5.41) is 12.1. The fourth-order valence-corrected chi connectivity index (χ4v) is 3.12. The summed E-state index contributed by atoms with van der Waals surface area (Å²) in [7, 11) is 4.42. The summed E-state index contributed by atoms with van der Waals surface area (Å²) in [6.07, 6.45) is 8.72. The second-order valence-electron chi connectivity index (χ2n) is 7.61. The third kappa shape index (κ3) is 4.04. The second-order valence-corrected chi connectivity index (χ2v) is 7.61. The molecule has 1 aliphatic carbocycles. The summed E-state index contributed by atoms with van der Waals surface area (Å²) in [5.41, 5.74) is 1.34. The normalized spacial score (nSPS) is 19.1. The highest BCUT2D eigenvalue weighted by molar-refractivity contribution is 4.97. The molecule has 21 heavy (non-hydrogen) atoms. The Morgan fingerprint density at radius 1 is 1.24 bits per heavy atom. The lowest BCUT2D eigenvalue weighted by Gasteiger charge is -2.43. The number of likely N-dealkylation sites (N-methyl/N-ethyl adjacent to an activating group) is 1. The molecule has 1 aromatic heterocycles. The van der Waals surface area contributed by atoms with Gasteiger partial charge in [-0.1, -0.05) is 24.5 Å². The number of aromatic nitrogens is 3. The predicted octanol–water partition coefficient (Wildman–Crippen LogP) is 2.39. The molecule has 1 fully saturated rings. The fourth-order valence-electron chi connectivity index (χ4n) is 3.12. The van der Waals surface area contributed by atoms with Gasteiger partial charge in [0, 0.05) is 18.6 Å². The van der Waals surface area contributed by atoms with E-state index in [1.165, 1.54) is 32.1 Å². The van der Waals surface area contributed by atoms with E-state index in [0.29, 0.717) is 5.54 Å². The van der Waals surface area contributed by atoms with Gasteiger partial charge < -0.3 is 10.2 Å². The maximum Gasteiger partial charge on any atom is 0.0965 e. The lowest BCUT2D eigenvalue weighted by Crippen LogP contribution is -2.52. The molecule has 2 rings (SSSR count). The molecule has 0 radical (unpaired) electrons. The van der Waals surface area contributed by atoms with Crippen LogP contribution in [0.2, 0.25) is 0 Å². The second kappa shape index (κ2) is 6.44. The maximum absolute atomic E-state index is 4.27. The zero-order valence-corrected chi connectivity index (χ0v) is 14.3. The Bertz CT molecular complexity index is 438. The Balaban J connectivity index is 1.89. The van der Waals surface area contributed by atoms with E-state index in [1.807, 2.05) is 4.68 Å². The van der Waals surface area contributed by atoms with E-state index < -0.39 is 0 Å². The van der Waals surface area contributed by atoms with Gasteiger partial charge in [0.25, 0.3) is 0 Å². The zero-order valence-electron chi connectivity index (χ0n) is 14.3. The molecule has 0 amide bonds. The highest BCUT2D eigenvalue weighted by Crippen LogP contribution is 2.31. The highest BCUT2D eigenvalue weighted by atomic mass is 15.4. The molecule has 0 spiro atoms. The summed E-state index contributed by atoms with van der Waals surface area (Å²) in [4.78, 5) is 2.41. The van der Waals surface area contributed by atoms with Crippen LogP contribution in [0, 0.1) is 0 Å². The third-order valence-corrected chi connectivity index (χ3v) is 4.72. The molecule has 0 aliphatic heterocycles. The number of hydrogen-bond acceptors (Lipinski definition) is 4. The quantitative estimate of drug-likeness (QED) is 0.905. The summed E-state index contributed by atoms with van der Waals surface area (Å²) in [6, 6.07) is 0. The van der Waals surface area contributed by atoms with E-state index in [4.69, 9.17) is 0 Å². The molecule has 1 aromatic rings. The molecule has 0 unspecified atom stereocenters. The largest absolute Gasteiger partial charge is 0.309 e. The van der Waals surface area contributed by atoms with Gasteiger partial charge in [-0.05, 0) is 47.7 Å². The molecule has 1 aliphatic rings. The Labute approximate surface area is 129 Å². The van der Waals surface area contributed by atoms with Crippen LogP contribution in [0.3, 0.4) is 0 Å². The monoisotopic (exact) mass is 293 g/mol.